The van der Waals surface area contributed by atoms with Crippen LogP contribution >= 0.6 is 0 Å². The van der Waals surface area contributed by atoms with E-state index in [0.29, 0.717) is 5.92 Å². The lowest BCUT2D eigenvalue weighted by molar-refractivity contribution is -0.142. The molecule has 19 heavy (non-hydrogen) atoms. The van der Waals surface area contributed by atoms with Crippen molar-refractivity contribution in [2.75, 3.05) is 14.2 Å². The van der Waals surface area contributed by atoms with Crippen LogP contribution in [0.2, 0.25) is 0 Å². The van der Waals surface area contributed by atoms with Gasteiger partial charge in [0.05, 0.1) is 20.1 Å². The fourth-order valence-corrected chi connectivity index (χ4v) is 2.87. The molecule has 2 rings (SSSR count). The van der Waals surface area contributed by atoms with E-state index < -0.39 is 0 Å². The van der Waals surface area contributed by atoms with Gasteiger partial charge in [0.25, 0.3) is 0 Å². The number of methoxy groups -OCH3 is 2. The SMILES string of the molecule is COC(=O)C1CC1CCc1cc(C)cc(C)c1OC. The molecule has 1 aliphatic rings. The Labute approximate surface area is 114 Å². The molecule has 0 amide bonds. The van der Waals surface area contributed by atoms with E-state index in [1.165, 1.54) is 23.8 Å². The van der Waals surface area contributed by atoms with Crippen molar-refractivity contribution < 1.29 is 14.3 Å². The highest BCUT2D eigenvalue weighted by Gasteiger charge is 2.43. The predicted octanol–water partition coefficient (Wildman–Crippen LogP) is 3.05. The Hall–Kier alpha value is -1.51. The number of benzene rings is 1. The molecule has 0 spiro atoms. The lowest BCUT2D eigenvalue weighted by Gasteiger charge is -2.12. The van der Waals surface area contributed by atoms with Gasteiger partial charge in [-0.3, -0.25) is 4.79 Å². The molecule has 1 saturated carbocycles. The van der Waals surface area contributed by atoms with E-state index in [-0.39, 0.29) is 11.9 Å². The van der Waals surface area contributed by atoms with Gasteiger partial charge in [0.2, 0.25) is 0 Å². The van der Waals surface area contributed by atoms with Crippen LogP contribution in [0.5, 0.6) is 5.75 Å². The highest BCUT2D eigenvalue weighted by molar-refractivity contribution is 5.75. The van der Waals surface area contributed by atoms with E-state index >= 15 is 0 Å². The van der Waals surface area contributed by atoms with Crippen molar-refractivity contribution in [3.63, 3.8) is 0 Å². The molecule has 0 heterocycles. The van der Waals surface area contributed by atoms with Crippen LogP contribution in [0.25, 0.3) is 0 Å². The second-order valence-corrected chi connectivity index (χ2v) is 5.44. The zero-order valence-corrected chi connectivity index (χ0v) is 12.2. The predicted molar refractivity (Wildman–Crippen MR) is 74.4 cm³/mol. The molecule has 104 valence electrons. The number of hydrogen-bond acceptors (Lipinski definition) is 3. The maximum absolute atomic E-state index is 11.4. The number of esters is 1. The number of ether oxygens (including phenoxy) is 2. The molecule has 0 saturated heterocycles. The largest absolute Gasteiger partial charge is 0.496 e. The van der Waals surface area contributed by atoms with Crippen molar-refractivity contribution in [2.45, 2.75) is 33.1 Å². The first kappa shape index (κ1) is 13.9. The minimum Gasteiger partial charge on any atom is -0.496 e. The third kappa shape index (κ3) is 3.09. The summed E-state index contributed by atoms with van der Waals surface area (Å²) < 4.78 is 10.3. The molecule has 0 bridgehead atoms. The van der Waals surface area contributed by atoms with Crippen LogP contribution in [0.15, 0.2) is 12.1 Å². The molecule has 0 aliphatic heterocycles. The van der Waals surface area contributed by atoms with Gasteiger partial charge in [-0.25, -0.2) is 0 Å². The molecule has 1 aromatic carbocycles. The summed E-state index contributed by atoms with van der Waals surface area (Å²) in [5.74, 6) is 1.54. The number of carbonyl (C=O) groups excluding carboxylic acids is 1. The smallest absolute Gasteiger partial charge is 0.308 e. The number of rotatable bonds is 5. The van der Waals surface area contributed by atoms with Crippen molar-refractivity contribution in [3.8, 4) is 5.75 Å². The lowest BCUT2D eigenvalue weighted by atomic mass is 10.00. The summed E-state index contributed by atoms with van der Waals surface area (Å²) in [6.07, 6.45) is 2.96. The number of aryl methyl sites for hydroxylation is 3. The van der Waals surface area contributed by atoms with Gasteiger partial charge < -0.3 is 9.47 Å². The lowest BCUT2D eigenvalue weighted by Crippen LogP contribution is -2.05. The van der Waals surface area contributed by atoms with Crippen molar-refractivity contribution in [2.24, 2.45) is 11.8 Å². The van der Waals surface area contributed by atoms with Crippen molar-refractivity contribution in [3.05, 3.63) is 28.8 Å². The van der Waals surface area contributed by atoms with Crippen LogP contribution in [0.3, 0.4) is 0 Å². The molecule has 2 unspecified atom stereocenters. The van der Waals surface area contributed by atoms with Gasteiger partial charge in [0.1, 0.15) is 5.75 Å². The molecule has 0 N–H and O–H groups in total. The van der Waals surface area contributed by atoms with Crippen LogP contribution in [-0.4, -0.2) is 20.2 Å². The molecule has 0 radical (unpaired) electrons. The van der Waals surface area contributed by atoms with Gasteiger partial charge in [-0.15, -0.1) is 0 Å². The van der Waals surface area contributed by atoms with Crippen molar-refractivity contribution >= 4 is 5.97 Å². The van der Waals surface area contributed by atoms with E-state index in [1.807, 2.05) is 0 Å². The maximum Gasteiger partial charge on any atom is 0.308 e. The van der Waals surface area contributed by atoms with Crippen LogP contribution in [0.1, 0.15) is 29.5 Å². The summed E-state index contributed by atoms with van der Waals surface area (Å²) in [7, 11) is 3.18. The number of carbonyl (C=O) groups is 1. The van der Waals surface area contributed by atoms with E-state index in [0.717, 1.165) is 25.0 Å². The highest BCUT2D eigenvalue weighted by atomic mass is 16.5. The Morgan fingerprint density at radius 2 is 2.05 bits per heavy atom. The summed E-state index contributed by atoms with van der Waals surface area (Å²) in [5.41, 5.74) is 3.68. The average Bonchev–Trinajstić information content (AvgIpc) is 3.14. The Kier molecular flexibility index (Phi) is 4.13. The maximum atomic E-state index is 11.4. The van der Waals surface area contributed by atoms with Crippen LogP contribution in [-0.2, 0) is 16.0 Å². The molecular weight excluding hydrogens is 240 g/mol. The standard InChI is InChI=1S/C16H22O3/c1-10-7-11(2)15(18-3)13(8-10)6-5-12-9-14(12)16(17)19-4/h7-8,12,14H,5-6,9H2,1-4H3. The van der Waals surface area contributed by atoms with Gasteiger partial charge in [0, 0.05) is 0 Å². The summed E-state index contributed by atoms with van der Waals surface area (Å²) in [5, 5.41) is 0. The van der Waals surface area contributed by atoms with E-state index in [4.69, 9.17) is 9.47 Å². The monoisotopic (exact) mass is 262 g/mol. The first-order chi connectivity index (χ1) is 9.06. The fraction of sp³-hybridized carbons (Fsp3) is 0.562. The normalized spacial score (nSPS) is 21.1. The molecular formula is C16H22O3. The second-order valence-electron chi connectivity index (χ2n) is 5.44. The first-order valence-electron chi connectivity index (χ1n) is 6.78. The summed E-state index contributed by atoms with van der Waals surface area (Å²) in [6, 6.07) is 4.32. The second kappa shape index (κ2) is 5.64. The highest BCUT2D eigenvalue weighted by Crippen LogP contribution is 2.43. The molecule has 1 aromatic rings. The molecule has 3 heteroatoms. The number of hydrogen-bond donors (Lipinski definition) is 0. The van der Waals surface area contributed by atoms with E-state index in [9.17, 15) is 4.79 Å². The van der Waals surface area contributed by atoms with Gasteiger partial charge in [0.15, 0.2) is 0 Å². The minimum absolute atomic E-state index is 0.0580. The third-order valence-electron chi connectivity index (χ3n) is 3.91. The van der Waals surface area contributed by atoms with Crippen LogP contribution in [0, 0.1) is 25.7 Å². The first-order valence-corrected chi connectivity index (χ1v) is 6.78. The molecule has 3 nitrogen and oxygen atoms in total. The topological polar surface area (TPSA) is 35.5 Å². The minimum atomic E-state index is -0.0580. The summed E-state index contributed by atoms with van der Waals surface area (Å²) in [4.78, 5) is 11.4. The van der Waals surface area contributed by atoms with Crippen molar-refractivity contribution in [1.29, 1.82) is 0 Å². The Bertz CT molecular complexity index is 479. The van der Waals surface area contributed by atoms with Gasteiger partial charge in [-0.05, 0) is 50.2 Å². The molecule has 2 atom stereocenters. The van der Waals surface area contributed by atoms with E-state index in [2.05, 4.69) is 26.0 Å². The third-order valence-corrected chi connectivity index (χ3v) is 3.91. The summed E-state index contributed by atoms with van der Waals surface area (Å²) in [6.45, 7) is 4.17. The summed E-state index contributed by atoms with van der Waals surface area (Å²) >= 11 is 0. The van der Waals surface area contributed by atoms with Crippen LogP contribution < -0.4 is 4.74 Å². The van der Waals surface area contributed by atoms with Crippen LogP contribution in [0.4, 0.5) is 0 Å². The quantitative estimate of drug-likeness (QED) is 0.765. The van der Waals surface area contributed by atoms with Gasteiger partial charge in [-0.2, -0.15) is 0 Å². The van der Waals surface area contributed by atoms with E-state index in [1.54, 1.807) is 7.11 Å². The van der Waals surface area contributed by atoms with Gasteiger partial charge in [-0.1, -0.05) is 17.7 Å². The molecule has 1 aliphatic carbocycles. The zero-order chi connectivity index (χ0) is 14.0. The average molecular weight is 262 g/mol. The van der Waals surface area contributed by atoms with Crippen molar-refractivity contribution in [1.82, 2.24) is 0 Å². The molecule has 0 aromatic heterocycles. The van der Waals surface area contributed by atoms with Gasteiger partial charge >= 0.3 is 5.97 Å². The fourth-order valence-electron chi connectivity index (χ4n) is 2.87. The Morgan fingerprint density at radius 3 is 2.68 bits per heavy atom. The Balaban J connectivity index is 1.99. The zero-order valence-electron chi connectivity index (χ0n) is 12.2. The molecule has 1 fully saturated rings. The Morgan fingerprint density at radius 1 is 1.32 bits per heavy atom.